The van der Waals surface area contributed by atoms with Crippen LogP contribution in [-0.4, -0.2) is 43.8 Å². The lowest BCUT2D eigenvalue weighted by atomic mass is 9.50. The monoisotopic (exact) mass is 418 g/mol. The van der Waals surface area contributed by atoms with Crippen LogP contribution in [0.25, 0.3) is 0 Å². The van der Waals surface area contributed by atoms with Crippen LogP contribution in [0, 0.1) is 22.7 Å². The fraction of sp³-hybridized carbons (Fsp3) is 0.833. The highest BCUT2D eigenvalue weighted by molar-refractivity contribution is 7.80. The predicted octanol–water partition coefficient (Wildman–Crippen LogP) is 4.66. The van der Waals surface area contributed by atoms with E-state index in [9.17, 15) is 0 Å². The van der Waals surface area contributed by atoms with Crippen molar-refractivity contribution in [3.8, 4) is 0 Å². The Morgan fingerprint density at radius 2 is 1.76 bits per heavy atom. The molecule has 4 fully saturated rings. The van der Waals surface area contributed by atoms with Crippen molar-refractivity contribution in [3.05, 3.63) is 23.3 Å². The zero-order valence-corrected chi connectivity index (χ0v) is 18.5. The van der Waals surface area contributed by atoms with Crippen molar-refractivity contribution in [1.29, 1.82) is 0 Å². The number of hydrogen-bond donors (Lipinski definition) is 1. The van der Waals surface area contributed by atoms with Crippen LogP contribution >= 0.6 is 12.6 Å². The van der Waals surface area contributed by atoms with Gasteiger partial charge in [0.2, 0.25) is 0 Å². The van der Waals surface area contributed by atoms with E-state index in [1.165, 1.54) is 6.42 Å². The van der Waals surface area contributed by atoms with E-state index in [2.05, 4.69) is 19.1 Å². The number of ether oxygens (including phenoxy) is 4. The number of thiol groups is 1. The minimum atomic E-state index is -0.356. The van der Waals surface area contributed by atoms with Gasteiger partial charge in [-0.2, -0.15) is 12.6 Å². The molecule has 0 aromatic heterocycles. The van der Waals surface area contributed by atoms with Crippen LogP contribution in [0.4, 0.5) is 0 Å². The van der Waals surface area contributed by atoms with Gasteiger partial charge in [-0.25, -0.2) is 0 Å². The lowest BCUT2D eigenvalue weighted by Gasteiger charge is -2.56. The lowest BCUT2D eigenvalue weighted by Crippen LogP contribution is -2.52. The van der Waals surface area contributed by atoms with E-state index in [0.29, 0.717) is 11.8 Å². The number of hydrogen-bond acceptors (Lipinski definition) is 5. The second-order valence-electron chi connectivity index (χ2n) is 10.3. The number of fused-ring (bicyclic) bond motifs is 6. The Bertz CT molecular complexity index is 748. The molecule has 0 amide bonds. The molecule has 2 saturated carbocycles. The summed E-state index contributed by atoms with van der Waals surface area (Å²) in [5.41, 5.74) is 3.53. The van der Waals surface area contributed by atoms with Crippen LogP contribution in [0.15, 0.2) is 23.3 Å². The van der Waals surface area contributed by atoms with Gasteiger partial charge in [0.15, 0.2) is 11.6 Å². The standard InChI is InChI=1S/C24H34O4S/c1-21-6-4-20-18(19(21)5-7-24(21)27-13-14-28-24)3-2-17-16-23(25-11-12-26-23)9-8-22(17,20)10-15-29/h2,4,18-19,29H,3,5-16H2,1H3/t18-,19-,21-,22+/m0/s1. The molecule has 2 aliphatic heterocycles. The van der Waals surface area contributed by atoms with Crippen LogP contribution in [0.3, 0.4) is 0 Å². The highest BCUT2D eigenvalue weighted by atomic mass is 32.1. The average Bonchev–Trinajstić information content (AvgIpc) is 3.44. The predicted molar refractivity (Wildman–Crippen MR) is 114 cm³/mol. The van der Waals surface area contributed by atoms with E-state index in [1.807, 2.05) is 0 Å². The quantitative estimate of drug-likeness (QED) is 0.523. The third-order valence-electron chi connectivity index (χ3n) is 9.39. The van der Waals surface area contributed by atoms with E-state index < -0.39 is 0 Å². The first kappa shape index (κ1) is 19.4. The van der Waals surface area contributed by atoms with Crippen molar-refractivity contribution < 1.29 is 18.9 Å². The minimum absolute atomic E-state index is 0.0960. The zero-order valence-electron chi connectivity index (χ0n) is 17.6. The lowest BCUT2D eigenvalue weighted by molar-refractivity contribution is -0.228. The van der Waals surface area contributed by atoms with Gasteiger partial charge in [0.25, 0.3) is 0 Å². The van der Waals surface area contributed by atoms with Gasteiger partial charge in [-0.05, 0) is 49.7 Å². The highest BCUT2D eigenvalue weighted by Gasteiger charge is 2.65. The molecule has 2 spiro atoms. The molecule has 0 N–H and O–H groups in total. The molecule has 160 valence electrons. The van der Waals surface area contributed by atoms with Crippen molar-refractivity contribution >= 4 is 12.6 Å². The second-order valence-corrected chi connectivity index (χ2v) is 10.7. The van der Waals surface area contributed by atoms with Crippen molar-refractivity contribution in [2.24, 2.45) is 22.7 Å². The van der Waals surface area contributed by atoms with Crippen molar-refractivity contribution in [2.75, 3.05) is 32.2 Å². The molecule has 6 rings (SSSR count). The maximum atomic E-state index is 6.28. The van der Waals surface area contributed by atoms with E-state index in [4.69, 9.17) is 31.6 Å². The molecule has 4 aliphatic carbocycles. The normalized spacial score (nSPS) is 44.3. The molecule has 29 heavy (non-hydrogen) atoms. The van der Waals surface area contributed by atoms with E-state index in [0.717, 1.165) is 77.1 Å². The Hall–Kier alpha value is -0.330. The summed E-state index contributed by atoms with van der Waals surface area (Å²) in [4.78, 5) is 0. The Balaban J connectivity index is 1.38. The van der Waals surface area contributed by atoms with E-state index in [1.54, 1.807) is 11.1 Å². The molecule has 0 unspecified atom stereocenters. The minimum Gasteiger partial charge on any atom is -0.347 e. The van der Waals surface area contributed by atoms with Crippen molar-refractivity contribution in [1.82, 2.24) is 0 Å². The summed E-state index contributed by atoms with van der Waals surface area (Å²) in [6.45, 7) is 5.41. The third kappa shape index (κ3) is 2.48. The molecule has 2 heterocycles. The van der Waals surface area contributed by atoms with Crippen LogP contribution in [-0.2, 0) is 18.9 Å². The molecule has 6 aliphatic rings. The fourth-order valence-corrected chi connectivity index (χ4v) is 8.37. The molecule has 0 radical (unpaired) electrons. The SMILES string of the molecule is C[C@]12CC=C3[C@@H](CC=C4CC5(CC[C@@]43CCS)OCCO5)[C@@H]1CCC21OCCO1. The first-order valence-corrected chi connectivity index (χ1v) is 12.3. The second kappa shape index (κ2) is 6.59. The number of rotatable bonds is 2. The van der Waals surface area contributed by atoms with Crippen LogP contribution in [0.1, 0.15) is 58.3 Å². The summed E-state index contributed by atoms with van der Waals surface area (Å²) >= 11 is 4.70. The summed E-state index contributed by atoms with van der Waals surface area (Å²) in [6, 6.07) is 0. The molecule has 0 bridgehead atoms. The van der Waals surface area contributed by atoms with Crippen molar-refractivity contribution in [3.63, 3.8) is 0 Å². The molecule has 2 saturated heterocycles. The molecular formula is C24H34O4S. The Morgan fingerprint density at radius 3 is 2.52 bits per heavy atom. The van der Waals surface area contributed by atoms with E-state index >= 15 is 0 Å². The number of allylic oxidation sites excluding steroid dienone is 3. The molecule has 4 nitrogen and oxygen atoms in total. The zero-order chi connectivity index (χ0) is 19.7. The Labute approximate surface area is 179 Å². The fourth-order valence-electron chi connectivity index (χ4n) is 7.99. The van der Waals surface area contributed by atoms with Gasteiger partial charge in [-0.15, -0.1) is 0 Å². The topological polar surface area (TPSA) is 36.9 Å². The van der Waals surface area contributed by atoms with Gasteiger partial charge in [0.05, 0.1) is 26.4 Å². The largest absolute Gasteiger partial charge is 0.347 e. The average molecular weight is 419 g/mol. The van der Waals surface area contributed by atoms with Gasteiger partial charge >= 0.3 is 0 Å². The van der Waals surface area contributed by atoms with Crippen molar-refractivity contribution in [2.45, 2.75) is 69.9 Å². The summed E-state index contributed by atoms with van der Waals surface area (Å²) in [6.07, 6.45) is 13.8. The molecule has 0 aromatic rings. The first-order chi connectivity index (χ1) is 14.1. The van der Waals surface area contributed by atoms with Gasteiger partial charge in [0.1, 0.15) is 0 Å². The summed E-state index contributed by atoms with van der Waals surface area (Å²) in [5, 5.41) is 0. The Morgan fingerprint density at radius 1 is 1.00 bits per heavy atom. The maximum Gasteiger partial charge on any atom is 0.174 e. The van der Waals surface area contributed by atoms with Crippen LogP contribution in [0.2, 0.25) is 0 Å². The molecular weight excluding hydrogens is 384 g/mol. The highest BCUT2D eigenvalue weighted by Crippen LogP contribution is 2.68. The maximum absolute atomic E-state index is 6.28. The molecule has 5 heteroatoms. The van der Waals surface area contributed by atoms with Crippen LogP contribution < -0.4 is 0 Å². The smallest absolute Gasteiger partial charge is 0.174 e. The van der Waals surface area contributed by atoms with Gasteiger partial charge in [-0.1, -0.05) is 30.2 Å². The summed E-state index contributed by atoms with van der Waals surface area (Å²) < 4.78 is 24.8. The first-order valence-electron chi connectivity index (χ1n) is 11.6. The van der Waals surface area contributed by atoms with Gasteiger partial charge in [0, 0.05) is 30.1 Å². The van der Waals surface area contributed by atoms with Gasteiger partial charge < -0.3 is 18.9 Å². The molecule has 0 aromatic carbocycles. The van der Waals surface area contributed by atoms with E-state index in [-0.39, 0.29) is 22.4 Å². The summed E-state index contributed by atoms with van der Waals surface area (Å²) in [5.74, 6) is 1.48. The summed E-state index contributed by atoms with van der Waals surface area (Å²) in [7, 11) is 0. The molecule has 4 atom stereocenters. The Kier molecular flexibility index (Phi) is 4.40. The third-order valence-corrected chi connectivity index (χ3v) is 9.61. The van der Waals surface area contributed by atoms with Gasteiger partial charge in [-0.3, -0.25) is 0 Å². The van der Waals surface area contributed by atoms with Crippen LogP contribution in [0.5, 0.6) is 0 Å².